The number of aromatic hydroxyl groups is 1. The first-order valence-electron chi connectivity index (χ1n) is 6.87. The molecule has 1 heterocycles. The summed E-state index contributed by atoms with van der Waals surface area (Å²) in [6, 6.07) is 6.31. The second-order valence-electron chi connectivity index (χ2n) is 5.21. The summed E-state index contributed by atoms with van der Waals surface area (Å²) in [6.45, 7) is 1.45. The molecule has 1 atom stereocenters. The normalized spacial score (nSPS) is 12.2. The Kier molecular flexibility index (Phi) is 4.60. The molecule has 0 amide bonds. The number of carboxylic acid groups (broad SMARTS) is 1. The lowest BCUT2D eigenvalue weighted by Gasteiger charge is -2.04. The van der Waals surface area contributed by atoms with E-state index in [4.69, 9.17) is 9.52 Å². The van der Waals surface area contributed by atoms with E-state index >= 15 is 0 Å². The van der Waals surface area contributed by atoms with Crippen molar-refractivity contribution >= 4 is 28.5 Å². The number of aliphatic carboxylic acids is 1. The molecule has 6 heteroatoms. The molecule has 0 bridgehead atoms. The van der Waals surface area contributed by atoms with E-state index in [-0.39, 0.29) is 47.9 Å². The lowest BCUT2D eigenvalue weighted by atomic mass is 10.0. The number of carbonyl (C=O) groups is 3. The van der Waals surface area contributed by atoms with Gasteiger partial charge in [-0.1, -0.05) is 19.1 Å². The number of ketones is 2. The van der Waals surface area contributed by atoms with Gasteiger partial charge in [-0.05, 0) is 12.1 Å². The standard InChI is InChI=1S/C16H16O6/c1-9(16(20)21)7-11(17)5-6-12(18)14-8-10-3-2-4-13(19)15(10)22-14/h2-4,8-9,19H,5-7H2,1H3,(H,20,21). The van der Waals surface area contributed by atoms with Crippen LogP contribution in [0.5, 0.6) is 5.75 Å². The molecule has 1 aromatic carbocycles. The fourth-order valence-corrected chi connectivity index (χ4v) is 2.09. The molecule has 2 aromatic rings. The first-order valence-corrected chi connectivity index (χ1v) is 6.87. The number of benzene rings is 1. The molecular formula is C16H16O6. The Labute approximate surface area is 126 Å². The van der Waals surface area contributed by atoms with E-state index in [1.807, 2.05) is 0 Å². The maximum Gasteiger partial charge on any atom is 0.306 e. The number of carbonyl (C=O) groups excluding carboxylic acids is 2. The highest BCUT2D eigenvalue weighted by Crippen LogP contribution is 2.28. The minimum Gasteiger partial charge on any atom is -0.504 e. The zero-order valence-corrected chi connectivity index (χ0v) is 12.0. The minimum absolute atomic E-state index is 0.0283. The smallest absolute Gasteiger partial charge is 0.306 e. The van der Waals surface area contributed by atoms with Crippen molar-refractivity contribution in [3.8, 4) is 5.75 Å². The maximum absolute atomic E-state index is 12.0. The molecule has 1 aromatic heterocycles. The van der Waals surface area contributed by atoms with Crippen molar-refractivity contribution in [2.75, 3.05) is 0 Å². The molecule has 116 valence electrons. The van der Waals surface area contributed by atoms with Crippen LogP contribution < -0.4 is 0 Å². The van der Waals surface area contributed by atoms with Crippen LogP contribution in [0.4, 0.5) is 0 Å². The largest absolute Gasteiger partial charge is 0.504 e. The number of phenolic OH excluding ortho intramolecular Hbond substituents is 1. The quantitative estimate of drug-likeness (QED) is 0.762. The molecule has 2 rings (SSSR count). The van der Waals surface area contributed by atoms with Gasteiger partial charge in [-0.25, -0.2) is 0 Å². The fourth-order valence-electron chi connectivity index (χ4n) is 2.09. The molecule has 0 aliphatic rings. The van der Waals surface area contributed by atoms with Crippen molar-refractivity contribution in [2.24, 2.45) is 5.92 Å². The van der Waals surface area contributed by atoms with E-state index in [1.54, 1.807) is 12.1 Å². The molecular weight excluding hydrogens is 288 g/mol. The number of fused-ring (bicyclic) bond motifs is 1. The Morgan fingerprint density at radius 2 is 1.95 bits per heavy atom. The van der Waals surface area contributed by atoms with E-state index in [9.17, 15) is 19.5 Å². The summed E-state index contributed by atoms with van der Waals surface area (Å²) in [6.07, 6.45) is -0.172. The van der Waals surface area contributed by atoms with Gasteiger partial charge < -0.3 is 14.6 Å². The number of hydrogen-bond donors (Lipinski definition) is 2. The predicted octanol–water partition coefficient (Wildman–Crippen LogP) is 2.78. The van der Waals surface area contributed by atoms with E-state index in [0.29, 0.717) is 5.39 Å². The Balaban J connectivity index is 1.98. The van der Waals surface area contributed by atoms with Crippen molar-refractivity contribution < 1.29 is 29.0 Å². The second-order valence-corrected chi connectivity index (χ2v) is 5.21. The van der Waals surface area contributed by atoms with Gasteiger partial charge in [0.15, 0.2) is 22.9 Å². The van der Waals surface area contributed by atoms with E-state index in [0.717, 1.165) is 0 Å². The second kappa shape index (κ2) is 6.43. The molecule has 0 fully saturated rings. The molecule has 0 saturated carbocycles. The molecule has 2 N–H and O–H groups in total. The van der Waals surface area contributed by atoms with Crippen LogP contribution in [-0.2, 0) is 9.59 Å². The Morgan fingerprint density at radius 1 is 1.23 bits per heavy atom. The number of carboxylic acids is 1. The molecule has 0 radical (unpaired) electrons. The first-order chi connectivity index (χ1) is 10.4. The van der Waals surface area contributed by atoms with Crippen LogP contribution >= 0.6 is 0 Å². The number of phenols is 1. The topological polar surface area (TPSA) is 105 Å². The highest BCUT2D eigenvalue weighted by atomic mass is 16.4. The Morgan fingerprint density at radius 3 is 2.59 bits per heavy atom. The Bertz CT molecular complexity index is 727. The number of furan rings is 1. The highest BCUT2D eigenvalue weighted by molar-refractivity contribution is 6.00. The van der Waals surface area contributed by atoms with E-state index < -0.39 is 11.9 Å². The fraction of sp³-hybridized carbons (Fsp3) is 0.312. The summed E-state index contributed by atoms with van der Waals surface area (Å²) in [5.74, 6) is -2.40. The molecule has 0 spiro atoms. The minimum atomic E-state index is -1.03. The molecule has 0 aliphatic heterocycles. The van der Waals surface area contributed by atoms with Crippen LogP contribution in [0, 0.1) is 5.92 Å². The monoisotopic (exact) mass is 304 g/mol. The molecule has 1 unspecified atom stereocenters. The van der Waals surface area contributed by atoms with Gasteiger partial charge in [0.2, 0.25) is 0 Å². The van der Waals surface area contributed by atoms with Crippen LogP contribution in [0.15, 0.2) is 28.7 Å². The Hall–Kier alpha value is -2.63. The third kappa shape index (κ3) is 3.52. The van der Waals surface area contributed by atoms with Gasteiger partial charge in [-0.2, -0.15) is 0 Å². The van der Waals surface area contributed by atoms with Crippen molar-refractivity contribution in [1.82, 2.24) is 0 Å². The molecule has 22 heavy (non-hydrogen) atoms. The van der Waals surface area contributed by atoms with E-state index in [1.165, 1.54) is 19.1 Å². The van der Waals surface area contributed by atoms with Crippen LogP contribution in [0.1, 0.15) is 36.7 Å². The predicted molar refractivity (Wildman–Crippen MR) is 77.9 cm³/mol. The van der Waals surface area contributed by atoms with Gasteiger partial charge >= 0.3 is 5.97 Å². The number of para-hydroxylation sites is 1. The molecule has 0 aliphatic carbocycles. The third-order valence-electron chi connectivity index (χ3n) is 3.38. The summed E-state index contributed by atoms with van der Waals surface area (Å²) in [7, 11) is 0. The van der Waals surface area contributed by atoms with Crippen LogP contribution in [-0.4, -0.2) is 27.7 Å². The summed E-state index contributed by atoms with van der Waals surface area (Å²) >= 11 is 0. The zero-order valence-electron chi connectivity index (χ0n) is 12.0. The van der Waals surface area contributed by atoms with Crippen LogP contribution in [0.2, 0.25) is 0 Å². The molecule has 0 saturated heterocycles. The van der Waals surface area contributed by atoms with Gasteiger partial charge in [0.25, 0.3) is 0 Å². The van der Waals surface area contributed by atoms with E-state index in [2.05, 4.69) is 0 Å². The SMILES string of the molecule is CC(CC(=O)CCC(=O)c1cc2cccc(O)c2o1)C(=O)O. The average molecular weight is 304 g/mol. The summed E-state index contributed by atoms with van der Waals surface area (Å²) in [4.78, 5) is 34.3. The van der Waals surface area contributed by atoms with Crippen molar-refractivity contribution in [2.45, 2.75) is 26.2 Å². The first kappa shape index (κ1) is 15.8. The number of rotatable bonds is 7. The molecule has 6 nitrogen and oxygen atoms in total. The maximum atomic E-state index is 12.0. The van der Waals surface area contributed by atoms with Gasteiger partial charge in [0.1, 0.15) is 5.78 Å². The summed E-state index contributed by atoms with van der Waals surface area (Å²) in [5, 5.41) is 19.0. The van der Waals surface area contributed by atoms with Gasteiger partial charge in [-0.3, -0.25) is 14.4 Å². The highest BCUT2D eigenvalue weighted by Gasteiger charge is 2.19. The van der Waals surface area contributed by atoms with Crippen molar-refractivity contribution in [3.63, 3.8) is 0 Å². The van der Waals surface area contributed by atoms with Gasteiger partial charge in [0, 0.05) is 24.6 Å². The van der Waals surface area contributed by atoms with Crippen LogP contribution in [0.3, 0.4) is 0 Å². The third-order valence-corrected chi connectivity index (χ3v) is 3.38. The average Bonchev–Trinajstić information content (AvgIpc) is 2.90. The summed E-state index contributed by atoms with van der Waals surface area (Å²) in [5.41, 5.74) is 0.233. The van der Waals surface area contributed by atoms with Gasteiger partial charge in [0.05, 0.1) is 5.92 Å². The van der Waals surface area contributed by atoms with Crippen LogP contribution in [0.25, 0.3) is 11.0 Å². The summed E-state index contributed by atoms with van der Waals surface area (Å²) < 4.78 is 5.31. The zero-order chi connectivity index (χ0) is 16.3. The van der Waals surface area contributed by atoms with Gasteiger partial charge in [-0.15, -0.1) is 0 Å². The number of hydrogen-bond acceptors (Lipinski definition) is 5. The lowest BCUT2D eigenvalue weighted by molar-refractivity contribution is -0.143. The lowest BCUT2D eigenvalue weighted by Crippen LogP contribution is -2.15. The van der Waals surface area contributed by atoms with Crippen molar-refractivity contribution in [3.05, 3.63) is 30.0 Å². The number of Topliss-reactive ketones (excluding diaryl/α,β-unsaturated/α-hetero) is 2. The van der Waals surface area contributed by atoms with Crippen molar-refractivity contribution in [1.29, 1.82) is 0 Å².